The third kappa shape index (κ3) is 5.33. The Bertz CT molecular complexity index is 1250. The molecule has 1 aliphatic rings. The molecule has 7 heteroatoms. The average Bonchev–Trinajstić information content (AvgIpc) is 3.19. The van der Waals surface area contributed by atoms with Crippen molar-refractivity contribution in [3.63, 3.8) is 0 Å². The summed E-state index contributed by atoms with van der Waals surface area (Å²) in [4.78, 5) is 12.4. The highest BCUT2D eigenvalue weighted by Crippen LogP contribution is 2.33. The van der Waals surface area contributed by atoms with E-state index >= 15 is 0 Å². The summed E-state index contributed by atoms with van der Waals surface area (Å²) >= 11 is 12.2. The zero-order valence-electron chi connectivity index (χ0n) is 17.9. The first-order chi connectivity index (χ1) is 16.0. The van der Waals surface area contributed by atoms with E-state index in [9.17, 15) is 4.79 Å². The standard InChI is InChI=1S/C26H20Cl2O5/c1-30-21-8-5-17(6-9-21)24-13-19(26(29)33-24)11-16-3-10-23(25(12-16)31-2)32-15-18-4-7-20(27)14-22(18)28/h3-14H,15H2,1-2H3/b19-11+. The van der Waals surface area contributed by atoms with Crippen molar-refractivity contribution in [3.05, 3.63) is 99.0 Å². The quantitative estimate of drug-likeness (QED) is 0.281. The summed E-state index contributed by atoms with van der Waals surface area (Å²) in [5.41, 5.74) is 2.79. The number of hydrogen-bond acceptors (Lipinski definition) is 5. The van der Waals surface area contributed by atoms with Crippen LogP contribution in [0.4, 0.5) is 0 Å². The van der Waals surface area contributed by atoms with Crippen LogP contribution in [0, 0.1) is 0 Å². The number of halogens is 2. The summed E-state index contributed by atoms with van der Waals surface area (Å²) in [6.07, 6.45) is 3.45. The van der Waals surface area contributed by atoms with Crippen LogP contribution in [0.1, 0.15) is 16.7 Å². The van der Waals surface area contributed by atoms with Gasteiger partial charge in [0.2, 0.25) is 0 Å². The molecule has 0 bridgehead atoms. The van der Waals surface area contributed by atoms with Gasteiger partial charge in [-0.2, -0.15) is 0 Å². The third-order valence-electron chi connectivity index (χ3n) is 5.01. The van der Waals surface area contributed by atoms with E-state index < -0.39 is 5.97 Å². The average molecular weight is 483 g/mol. The van der Waals surface area contributed by atoms with E-state index in [-0.39, 0.29) is 6.61 Å². The molecule has 0 N–H and O–H groups in total. The van der Waals surface area contributed by atoms with Gasteiger partial charge in [0.25, 0.3) is 0 Å². The summed E-state index contributed by atoms with van der Waals surface area (Å²) in [5.74, 6) is 1.87. The number of carbonyl (C=O) groups is 1. The van der Waals surface area contributed by atoms with Crippen molar-refractivity contribution in [2.24, 2.45) is 0 Å². The first-order valence-electron chi connectivity index (χ1n) is 10.0. The van der Waals surface area contributed by atoms with Gasteiger partial charge in [0, 0.05) is 21.2 Å². The Balaban J connectivity index is 1.52. The highest BCUT2D eigenvalue weighted by molar-refractivity contribution is 6.35. The van der Waals surface area contributed by atoms with Crippen LogP contribution in [-0.4, -0.2) is 20.2 Å². The molecule has 168 valence electrons. The van der Waals surface area contributed by atoms with Crippen LogP contribution in [0.5, 0.6) is 17.2 Å². The smallest absolute Gasteiger partial charge is 0.343 e. The molecule has 0 unspecified atom stereocenters. The first-order valence-corrected chi connectivity index (χ1v) is 10.8. The molecule has 3 aromatic rings. The number of cyclic esters (lactones) is 1. The Hall–Kier alpha value is -3.41. The number of hydrogen-bond donors (Lipinski definition) is 0. The second kappa shape index (κ2) is 10.0. The summed E-state index contributed by atoms with van der Waals surface area (Å²) < 4.78 is 22.0. The molecular formula is C26H20Cl2O5. The van der Waals surface area contributed by atoms with E-state index in [0.717, 1.165) is 22.4 Å². The van der Waals surface area contributed by atoms with Crippen LogP contribution < -0.4 is 14.2 Å². The monoisotopic (exact) mass is 482 g/mol. The Morgan fingerprint density at radius 1 is 0.909 bits per heavy atom. The number of benzene rings is 3. The minimum Gasteiger partial charge on any atom is -0.497 e. The molecule has 0 amide bonds. The Morgan fingerprint density at radius 2 is 1.70 bits per heavy atom. The highest BCUT2D eigenvalue weighted by atomic mass is 35.5. The SMILES string of the molecule is COc1ccc(C2=C/C(=C\c3ccc(OCc4ccc(Cl)cc4Cl)c(OC)c3)C(=O)O2)cc1. The van der Waals surface area contributed by atoms with E-state index in [1.807, 2.05) is 36.4 Å². The maximum absolute atomic E-state index is 12.4. The predicted molar refractivity (Wildman–Crippen MR) is 129 cm³/mol. The Labute approximate surface area is 201 Å². The van der Waals surface area contributed by atoms with Gasteiger partial charge in [-0.15, -0.1) is 0 Å². The van der Waals surface area contributed by atoms with E-state index in [1.165, 1.54) is 0 Å². The molecule has 4 rings (SSSR count). The Morgan fingerprint density at radius 3 is 2.39 bits per heavy atom. The van der Waals surface area contributed by atoms with Crippen molar-refractivity contribution in [1.29, 1.82) is 0 Å². The minimum atomic E-state index is -0.419. The lowest BCUT2D eigenvalue weighted by molar-refractivity contribution is -0.130. The summed E-state index contributed by atoms with van der Waals surface area (Å²) in [7, 11) is 3.15. The van der Waals surface area contributed by atoms with Crippen LogP contribution in [-0.2, 0) is 16.1 Å². The van der Waals surface area contributed by atoms with E-state index in [0.29, 0.717) is 32.9 Å². The van der Waals surface area contributed by atoms with Crippen molar-refractivity contribution < 1.29 is 23.7 Å². The molecule has 0 saturated carbocycles. The lowest BCUT2D eigenvalue weighted by Gasteiger charge is -2.12. The van der Waals surface area contributed by atoms with Crippen LogP contribution in [0.2, 0.25) is 10.0 Å². The molecule has 5 nitrogen and oxygen atoms in total. The van der Waals surface area contributed by atoms with Crippen molar-refractivity contribution >= 4 is 41.0 Å². The molecule has 33 heavy (non-hydrogen) atoms. The van der Waals surface area contributed by atoms with Gasteiger partial charge >= 0.3 is 5.97 Å². The lowest BCUT2D eigenvalue weighted by atomic mass is 10.1. The van der Waals surface area contributed by atoms with Crippen LogP contribution in [0.3, 0.4) is 0 Å². The van der Waals surface area contributed by atoms with Crippen molar-refractivity contribution in [2.75, 3.05) is 14.2 Å². The molecular weight excluding hydrogens is 463 g/mol. The minimum absolute atomic E-state index is 0.257. The number of ether oxygens (including phenoxy) is 4. The fourth-order valence-electron chi connectivity index (χ4n) is 3.25. The van der Waals surface area contributed by atoms with Crippen LogP contribution in [0.15, 0.2) is 72.3 Å². The van der Waals surface area contributed by atoms with Gasteiger partial charge in [-0.05, 0) is 66.2 Å². The zero-order chi connectivity index (χ0) is 23.4. The fourth-order valence-corrected chi connectivity index (χ4v) is 3.72. The van der Waals surface area contributed by atoms with Crippen molar-refractivity contribution in [3.8, 4) is 17.2 Å². The normalized spacial score (nSPS) is 14.1. The van der Waals surface area contributed by atoms with Gasteiger partial charge in [0.1, 0.15) is 18.1 Å². The van der Waals surface area contributed by atoms with Gasteiger partial charge in [0.15, 0.2) is 11.5 Å². The number of esters is 1. The second-order valence-electron chi connectivity index (χ2n) is 7.16. The largest absolute Gasteiger partial charge is 0.497 e. The van der Waals surface area contributed by atoms with Crippen molar-refractivity contribution in [2.45, 2.75) is 6.61 Å². The first kappa shape index (κ1) is 22.8. The number of carbonyl (C=O) groups excluding carboxylic acids is 1. The molecule has 1 heterocycles. The Kier molecular flexibility index (Phi) is 6.92. The molecule has 0 atom stereocenters. The molecule has 0 aromatic heterocycles. The van der Waals surface area contributed by atoms with E-state index in [2.05, 4.69) is 0 Å². The molecule has 0 spiro atoms. The molecule has 0 aliphatic carbocycles. The maximum Gasteiger partial charge on any atom is 0.343 e. The third-order valence-corrected chi connectivity index (χ3v) is 5.59. The molecule has 1 aliphatic heterocycles. The fraction of sp³-hybridized carbons (Fsp3) is 0.115. The number of rotatable bonds is 7. The summed E-state index contributed by atoms with van der Waals surface area (Å²) in [6.45, 7) is 0.257. The zero-order valence-corrected chi connectivity index (χ0v) is 19.4. The second-order valence-corrected chi connectivity index (χ2v) is 8.00. The summed E-state index contributed by atoms with van der Waals surface area (Å²) in [6, 6.07) is 17.9. The van der Waals surface area contributed by atoms with E-state index in [4.69, 9.17) is 42.1 Å². The van der Waals surface area contributed by atoms with Crippen LogP contribution >= 0.6 is 23.2 Å². The topological polar surface area (TPSA) is 54.0 Å². The highest BCUT2D eigenvalue weighted by Gasteiger charge is 2.22. The predicted octanol–water partition coefficient (Wildman–Crippen LogP) is 6.57. The molecule has 0 radical (unpaired) electrons. The van der Waals surface area contributed by atoms with Crippen molar-refractivity contribution in [1.82, 2.24) is 0 Å². The van der Waals surface area contributed by atoms with Gasteiger partial charge < -0.3 is 18.9 Å². The maximum atomic E-state index is 12.4. The number of methoxy groups -OCH3 is 2. The molecule has 3 aromatic carbocycles. The van der Waals surface area contributed by atoms with Gasteiger partial charge in [-0.1, -0.05) is 35.3 Å². The van der Waals surface area contributed by atoms with Gasteiger partial charge in [-0.3, -0.25) is 0 Å². The summed E-state index contributed by atoms with van der Waals surface area (Å²) in [5, 5.41) is 1.09. The molecule has 0 fully saturated rings. The van der Waals surface area contributed by atoms with Crippen LogP contribution in [0.25, 0.3) is 11.8 Å². The lowest BCUT2D eigenvalue weighted by Crippen LogP contribution is -1.99. The van der Waals surface area contributed by atoms with Gasteiger partial charge in [0.05, 0.1) is 19.8 Å². The van der Waals surface area contributed by atoms with Gasteiger partial charge in [-0.25, -0.2) is 4.79 Å². The van der Waals surface area contributed by atoms with E-state index in [1.54, 1.807) is 50.6 Å². The molecule has 0 saturated heterocycles.